The topological polar surface area (TPSA) is 67.2 Å². The van der Waals surface area contributed by atoms with Crippen molar-refractivity contribution in [3.63, 3.8) is 0 Å². The van der Waals surface area contributed by atoms with Gasteiger partial charge in [0.25, 0.3) is 5.91 Å². The molecule has 3 aromatic rings. The number of hydrogen-bond acceptors (Lipinski definition) is 3. The summed E-state index contributed by atoms with van der Waals surface area (Å²) in [5, 5.41) is 2.67. The van der Waals surface area contributed by atoms with Gasteiger partial charge in [-0.1, -0.05) is 24.8 Å². The number of aromatic nitrogens is 2. The van der Waals surface area contributed by atoms with Gasteiger partial charge in [0.15, 0.2) is 0 Å². The normalized spacial score (nSPS) is 16.7. The standard InChI is InChI=1S/C23H21F3N4O2/c1-2-20(31)29-12-6-9-17(14-29)30-19-11-4-3-10-18(19)27-22(30)28-21(32)15-7-5-8-16(13-15)23(24,25)26/h2-5,7-8,10-11,13,17H,1,6,9,12,14H2,(H,27,28,32). The number of imidazole rings is 1. The lowest BCUT2D eigenvalue weighted by atomic mass is 10.0. The molecule has 32 heavy (non-hydrogen) atoms. The molecule has 4 rings (SSSR count). The van der Waals surface area contributed by atoms with Gasteiger partial charge >= 0.3 is 6.18 Å². The second kappa shape index (κ2) is 8.49. The molecule has 9 heteroatoms. The Morgan fingerprint density at radius 3 is 2.69 bits per heavy atom. The number of carbonyl (C=O) groups is 2. The first-order valence-electron chi connectivity index (χ1n) is 10.1. The van der Waals surface area contributed by atoms with Crippen molar-refractivity contribution in [2.45, 2.75) is 25.1 Å². The van der Waals surface area contributed by atoms with Crippen molar-refractivity contribution in [2.24, 2.45) is 0 Å². The number of hydrogen-bond donors (Lipinski definition) is 1. The average Bonchev–Trinajstić information content (AvgIpc) is 3.15. The van der Waals surface area contributed by atoms with Crippen LogP contribution in [0.5, 0.6) is 0 Å². The average molecular weight is 442 g/mol. The molecule has 0 radical (unpaired) electrons. The molecule has 2 amide bonds. The summed E-state index contributed by atoms with van der Waals surface area (Å²) in [6.45, 7) is 4.57. The van der Waals surface area contributed by atoms with E-state index in [1.54, 1.807) is 11.0 Å². The fourth-order valence-corrected chi connectivity index (χ4v) is 4.01. The molecule has 2 aromatic carbocycles. The third kappa shape index (κ3) is 4.23. The molecule has 2 heterocycles. The summed E-state index contributed by atoms with van der Waals surface area (Å²) >= 11 is 0. The Labute approximate surface area is 182 Å². The van der Waals surface area contributed by atoms with Crippen LogP contribution in [0.2, 0.25) is 0 Å². The molecule has 1 N–H and O–H groups in total. The number of nitrogens with zero attached hydrogens (tertiary/aromatic N) is 3. The van der Waals surface area contributed by atoms with Crippen LogP contribution in [0.1, 0.15) is 34.8 Å². The minimum absolute atomic E-state index is 0.120. The van der Waals surface area contributed by atoms with Crippen molar-refractivity contribution in [2.75, 3.05) is 18.4 Å². The van der Waals surface area contributed by atoms with Gasteiger partial charge in [-0.2, -0.15) is 13.2 Å². The number of para-hydroxylation sites is 2. The second-order valence-electron chi connectivity index (χ2n) is 7.61. The fraction of sp³-hybridized carbons (Fsp3) is 0.261. The lowest BCUT2D eigenvalue weighted by Crippen LogP contribution is -2.40. The summed E-state index contributed by atoms with van der Waals surface area (Å²) in [6, 6.07) is 11.4. The van der Waals surface area contributed by atoms with E-state index in [0.717, 1.165) is 30.5 Å². The maximum atomic E-state index is 13.0. The Hall–Kier alpha value is -3.62. The Kier molecular flexibility index (Phi) is 5.73. The van der Waals surface area contributed by atoms with Gasteiger partial charge in [-0.3, -0.25) is 14.9 Å². The highest BCUT2D eigenvalue weighted by molar-refractivity contribution is 6.04. The zero-order chi connectivity index (χ0) is 22.9. The first kappa shape index (κ1) is 21.6. The third-order valence-corrected chi connectivity index (χ3v) is 5.52. The van der Waals surface area contributed by atoms with Crippen LogP contribution in [-0.4, -0.2) is 39.4 Å². The minimum Gasteiger partial charge on any atom is -0.337 e. The Morgan fingerprint density at radius 2 is 1.94 bits per heavy atom. The van der Waals surface area contributed by atoms with Gasteiger partial charge in [0.2, 0.25) is 11.9 Å². The summed E-state index contributed by atoms with van der Waals surface area (Å²) in [5.41, 5.74) is 0.388. The van der Waals surface area contributed by atoms with Gasteiger partial charge in [-0.15, -0.1) is 0 Å². The van der Waals surface area contributed by atoms with Crippen molar-refractivity contribution < 1.29 is 22.8 Å². The molecule has 1 atom stereocenters. The molecule has 166 valence electrons. The number of halogens is 3. The smallest absolute Gasteiger partial charge is 0.337 e. The number of likely N-dealkylation sites (tertiary alicyclic amines) is 1. The highest BCUT2D eigenvalue weighted by atomic mass is 19.4. The molecule has 6 nitrogen and oxygen atoms in total. The maximum absolute atomic E-state index is 13.0. The lowest BCUT2D eigenvalue weighted by Gasteiger charge is -2.33. The number of amides is 2. The van der Waals surface area contributed by atoms with Crippen molar-refractivity contribution in [3.8, 4) is 0 Å². The van der Waals surface area contributed by atoms with E-state index in [-0.39, 0.29) is 23.5 Å². The van der Waals surface area contributed by atoms with E-state index in [1.165, 1.54) is 18.2 Å². The summed E-state index contributed by atoms with van der Waals surface area (Å²) in [4.78, 5) is 31.1. The fourth-order valence-electron chi connectivity index (χ4n) is 4.01. The first-order valence-corrected chi connectivity index (χ1v) is 10.1. The summed E-state index contributed by atoms with van der Waals surface area (Å²) in [7, 11) is 0. The number of benzene rings is 2. The largest absolute Gasteiger partial charge is 0.416 e. The zero-order valence-corrected chi connectivity index (χ0v) is 17.1. The predicted molar refractivity (Wildman–Crippen MR) is 114 cm³/mol. The van der Waals surface area contributed by atoms with Crippen molar-refractivity contribution in [3.05, 3.63) is 72.3 Å². The minimum atomic E-state index is -4.55. The van der Waals surface area contributed by atoms with Gasteiger partial charge in [0.05, 0.1) is 22.6 Å². The summed E-state index contributed by atoms with van der Waals surface area (Å²) < 4.78 is 41.0. The van der Waals surface area contributed by atoms with Crippen LogP contribution in [0.3, 0.4) is 0 Å². The summed E-state index contributed by atoms with van der Waals surface area (Å²) in [5.74, 6) is -0.636. The quantitative estimate of drug-likeness (QED) is 0.598. The molecule has 1 aliphatic rings. The lowest BCUT2D eigenvalue weighted by molar-refractivity contribution is -0.137. The van der Waals surface area contributed by atoms with E-state index in [4.69, 9.17) is 0 Å². The third-order valence-electron chi connectivity index (χ3n) is 5.52. The van der Waals surface area contributed by atoms with Crippen LogP contribution in [0.15, 0.2) is 61.2 Å². The Bertz CT molecular complexity index is 1190. The van der Waals surface area contributed by atoms with Crippen molar-refractivity contribution in [1.82, 2.24) is 14.5 Å². The van der Waals surface area contributed by atoms with E-state index in [2.05, 4.69) is 16.9 Å². The number of carbonyl (C=O) groups excluding carboxylic acids is 2. The number of rotatable bonds is 4. The van der Waals surface area contributed by atoms with E-state index in [0.29, 0.717) is 18.6 Å². The van der Waals surface area contributed by atoms with Gasteiger partial charge in [-0.05, 0) is 49.2 Å². The van der Waals surface area contributed by atoms with Gasteiger partial charge in [0.1, 0.15) is 0 Å². The van der Waals surface area contributed by atoms with E-state index >= 15 is 0 Å². The molecule has 1 saturated heterocycles. The van der Waals surface area contributed by atoms with Crippen LogP contribution in [0.25, 0.3) is 11.0 Å². The first-order chi connectivity index (χ1) is 15.3. The number of fused-ring (bicyclic) bond motifs is 1. The molecule has 1 aliphatic heterocycles. The molecule has 1 aromatic heterocycles. The molecular weight excluding hydrogens is 421 g/mol. The van der Waals surface area contributed by atoms with Crippen molar-refractivity contribution >= 4 is 28.8 Å². The molecule has 1 unspecified atom stereocenters. The van der Waals surface area contributed by atoms with Crippen LogP contribution >= 0.6 is 0 Å². The number of piperidine rings is 1. The highest BCUT2D eigenvalue weighted by Crippen LogP contribution is 2.32. The molecule has 0 bridgehead atoms. The molecule has 0 saturated carbocycles. The number of anilines is 1. The second-order valence-corrected chi connectivity index (χ2v) is 7.61. The SMILES string of the molecule is C=CC(=O)N1CCCC(n2c(NC(=O)c3cccc(C(F)(F)F)c3)nc3ccccc32)C1. The highest BCUT2D eigenvalue weighted by Gasteiger charge is 2.31. The van der Waals surface area contributed by atoms with Gasteiger partial charge < -0.3 is 9.47 Å². The Balaban J connectivity index is 1.69. The Morgan fingerprint density at radius 1 is 1.16 bits per heavy atom. The van der Waals surface area contributed by atoms with Crippen LogP contribution < -0.4 is 5.32 Å². The van der Waals surface area contributed by atoms with Crippen LogP contribution in [-0.2, 0) is 11.0 Å². The predicted octanol–water partition coefficient (Wildman–Crippen LogP) is 4.66. The van der Waals surface area contributed by atoms with Gasteiger partial charge in [0, 0.05) is 18.7 Å². The number of nitrogens with one attached hydrogen (secondary N) is 1. The molecule has 1 fully saturated rings. The molecule has 0 aliphatic carbocycles. The summed E-state index contributed by atoms with van der Waals surface area (Å²) in [6.07, 6.45) is -1.76. The number of alkyl halides is 3. The van der Waals surface area contributed by atoms with Crippen LogP contribution in [0, 0.1) is 0 Å². The van der Waals surface area contributed by atoms with E-state index in [9.17, 15) is 22.8 Å². The van der Waals surface area contributed by atoms with E-state index in [1.807, 2.05) is 22.8 Å². The van der Waals surface area contributed by atoms with Crippen molar-refractivity contribution in [1.29, 1.82) is 0 Å². The van der Waals surface area contributed by atoms with Gasteiger partial charge in [-0.25, -0.2) is 4.98 Å². The monoisotopic (exact) mass is 442 g/mol. The van der Waals surface area contributed by atoms with E-state index < -0.39 is 17.6 Å². The maximum Gasteiger partial charge on any atom is 0.416 e. The van der Waals surface area contributed by atoms with Crippen LogP contribution in [0.4, 0.5) is 19.1 Å². The molecular formula is C23H21F3N4O2. The zero-order valence-electron chi connectivity index (χ0n) is 17.1. The molecule has 0 spiro atoms.